The molecule has 0 heterocycles. The first-order chi connectivity index (χ1) is 4.88. The Morgan fingerprint density at radius 1 is 1.70 bits per heavy atom. The minimum Gasteiger partial charge on any atom is -0.411 e. The van der Waals surface area contributed by atoms with Crippen molar-refractivity contribution >= 4 is 12.0 Å². The molecule has 10 heavy (non-hydrogen) atoms. The van der Waals surface area contributed by atoms with E-state index in [9.17, 15) is 4.79 Å². The molecule has 0 aromatic heterocycles. The number of hydrogen-bond acceptors (Lipinski definition) is 3. The molecule has 0 aliphatic heterocycles. The van der Waals surface area contributed by atoms with E-state index in [1.54, 1.807) is 12.2 Å². The van der Waals surface area contributed by atoms with Crippen LogP contribution in [0.4, 0.5) is 0 Å². The monoisotopic (exact) mass is 137 g/mol. The van der Waals surface area contributed by atoms with Crippen LogP contribution >= 0.6 is 0 Å². The van der Waals surface area contributed by atoms with E-state index in [1.165, 1.54) is 0 Å². The van der Waals surface area contributed by atoms with Gasteiger partial charge in [-0.15, -0.1) is 0 Å². The molecule has 0 aromatic carbocycles. The van der Waals surface area contributed by atoms with Gasteiger partial charge in [-0.05, 0) is 0 Å². The van der Waals surface area contributed by atoms with E-state index in [0.29, 0.717) is 24.0 Å². The zero-order valence-corrected chi connectivity index (χ0v) is 5.32. The zero-order valence-electron chi connectivity index (χ0n) is 5.32. The van der Waals surface area contributed by atoms with Crippen molar-refractivity contribution in [3.8, 4) is 0 Å². The Morgan fingerprint density at radius 3 is 3.00 bits per heavy atom. The van der Waals surface area contributed by atoms with Crippen molar-refractivity contribution < 1.29 is 10.0 Å². The number of allylic oxidation sites excluding steroid dienone is 4. The number of nitrogens with zero attached hydrogens (tertiary/aromatic N) is 1. The SMILES string of the molecule is O=CC1=CC=CCC1=NO. The van der Waals surface area contributed by atoms with Gasteiger partial charge in [0.05, 0.1) is 5.71 Å². The quantitative estimate of drug-likeness (QED) is 0.331. The van der Waals surface area contributed by atoms with Crippen molar-refractivity contribution in [2.45, 2.75) is 6.42 Å². The smallest absolute Gasteiger partial charge is 0.152 e. The summed E-state index contributed by atoms with van der Waals surface area (Å²) in [7, 11) is 0. The Balaban J connectivity index is 2.91. The Kier molecular flexibility index (Phi) is 1.99. The van der Waals surface area contributed by atoms with E-state index in [1.807, 2.05) is 6.08 Å². The number of hydrogen-bond donors (Lipinski definition) is 1. The lowest BCUT2D eigenvalue weighted by Gasteiger charge is -2.02. The van der Waals surface area contributed by atoms with Crippen molar-refractivity contribution in [1.82, 2.24) is 0 Å². The average Bonchev–Trinajstić information content (AvgIpc) is 2.04. The number of rotatable bonds is 1. The lowest BCUT2D eigenvalue weighted by atomic mass is 10.0. The van der Waals surface area contributed by atoms with E-state index in [-0.39, 0.29) is 0 Å². The van der Waals surface area contributed by atoms with Gasteiger partial charge in [-0.2, -0.15) is 0 Å². The minimum atomic E-state index is 0.428. The second kappa shape index (κ2) is 2.96. The van der Waals surface area contributed by atoms with E-state index < -0.39 is 0 Å². The van der Waals surface area contributed by atoms with E-state index in [0.717, 1.165) is 0 Å². The fourth-order valence-corrected chi connectivity index (χ4v) is 0.771. The van der Waals surface area contributed by atoms with Gasteiger partial charge >= 0.3 is 0 Å². The molecule has 1 aliphatic carbocycles. The van der Waals surface area contributed by atoms with E-state index in [2.05, 4.69) is 5.16 Å². The number of oxime groups is 1. The topological polar surface area (TPSA) is 49.7 Å². The van der Waals surface area contributed by atoms with E-state index in [4.69, 9.17) is 5.21 Å². The van der Waals surface area contributed by atoms with Crippen molar-refractivity contribution in [3.05, 3.63) is 23.8 Å². The van der Waals surface area contributed by atoms with Crippen LogP contribution in [0, 0.1) is 0 Å². The summed E-state index contributed by atoms with van der Waals surface area (Å²) in [5.41, 5.74) is 0.877. The van der Waals surface area contributed by atoms with Crippen LogP contribution in [0.25, 0.3) is 0 Å². The third-order valence-electron chi connectivity index (χ3n) is 1.30. The Morgan fingerprint density at radius 2 is 2.50 bits per heavy atom. The summed E-state index contributed by atoms with van der Waals surface area (Å²) in [6.07, 6.45) is 6.41. The highest BCUT2D eigenvalue weighted by molar-refractivity contribution is 6.15. The van der Waals surface area contributed by atoms with Crippen LogP contribution in [0.2, 0.25) is 0 Å². The zero-order chi connectivity index (χ0) is 7.40. The summed E-state index contributed by atoms with van der Waals surface area (Å²) in [6.45, 7) is 0. The van der Waals surface area contributed by atoms with Crippen molar-refractivity contribution in [1.29, 1.82) is 0 Å². The molecule has 0 bridgehead atoms. The van der Waals surface area contributed by atoms with Gasteiger partial charge < -0.3 is 5.21 Å². The van der Waals surface area contributed by atoms with Crippen LogP contribution in [-0.4, -0.2) is 17.2 Å². The number of carbonyl (C=O) groups is 1. The summed E-state index contributed by atoms with van der Waals surface area (Å²) in [5, 5.41) is 11.3. The average molecular weight is 137 g/mol. The molecule has 0 fully saturated rings. The largest absolute Gasteiger partial charge is 0.411 e. The highest BCUT2D eigenvalue weighted by Crippen LogP contribution is 2.06. The lowest BCUT2D eigenvalue weighted by Crippen LogP contribution is -2.05. The third-order valence-corrected chi connectivity index (χ3v) is 1.30. The minimum absolute atomic E-state index is 0.428. The van der Waals surface area contributed by atoms with Crippen LogP contribution in [-0.2, 0) is 4.79 Å². The predicted molar refractivity (Wildman–Crippen MR) is 37.1 cm³/mol. The first-order valence-corrected chi connectivity index (χ1v) is 2.92. The van der Waals surface area contributed by atoms with Crippen LogP contribution in [0.15, 0.2) is 29.0 Å². The summed E-state index contributed by atoms with van der Waals surface area (Å²) >= 11 is 0. The van der Waals surface area contributed by atoms with Crippen LogP contribution in [0.5, 0.6) is 0 Å². The van der Waals surface area contributed by atoms with E-state index >= 15 is 0 Å². The molecule has 0 unspecified atom stereocenters. The Bertz CT molecular complexity index is 226. The van der Waals surface area contributed by atoms with Crippen molar-refractivity contribution in [3.63, 3.8) is 0 Å². The molecule has 0 aromatic rings. The lowest BCUT2D eigenvalue weighted by molar-refractivity contribution is -0.104. The molecule has 1 rings (SSSR count). The summed E-state index contributed by atoms with van der Waals surface area (Å²) in [4.78, 5) is 10.2. The Hall–Kier alpha value is -1.38. The van der Waals surface area contributed by atoms with Crippen molar-refractivity contribution in [2.75, 3.05) is 0 Å². The molecule has 1 N–H and O–H groups in total. The molecule has 1 aliphatic rings. The Labute approximate surface area is 58.3 Å². The fraction of sp³-hybridized carbons (Fsp3) is 0.143. The maximum atomic E-state index is 10.2. The second-order valence-electron chi connectivity index (χ2n) is 1.92. The normalized spacial score (nSPS) is 20.8. The van der Waals surface area contributed by atoms with Gasteiger partial charge in [0.25, 0.3) is 0 Å². The molecule has 0 amide bonds. The molecule has 52 valence electrons. The van der Waals surface area contributed by atoms with Crippen molar-refractivity contribution in [2.24, 2.45) is 5.16 Å². The summed E-state index contributed by atoms with van der Waals surface area (Å²) < 4.78 is 0. The standard InChI is InChI=1S/C7H7NO2/c9-5-6-3-1-2-4-7(6)8-10/h1-3,5,10H,4H2. The number of aldehydes is 1. The molecule has 0 saturated heterocycles. The maximum absolute atomic E-state index is 10.2. The number of carbonyl (C=O) groups excluding carboxylic acids is 1. The summed E-state index contributed by atoms with van der Waals surface area (Å²) in [5.74, 6) is 0. The molecule has 0 saturated carbocycles. The van der Waals surface area contributed by atoms with Crippen LogP contribution in [0.1, 0.15) is 6.42 Å². The highest BCUT2D eigenvalue weighted by atomic mass is 16.4. The molecule has 0 spiro atoms. The van der Waals surface area contributed by atoms with Crippen LogP contribution < -0.4 is 0 Å². The first kappa shape index (κ1) is 6.74. The highest BCUT2D eigenvalue weighted by Gasteiger charge is 2.06. The molecular weight excluding hydrogens is 130 g/mol. The van der Waals surface area contributed by atoms with Gasteiger partial charge in [-0.1, -0.05) is 23.4 Å². The van der Waals surface area contributed by atoms with Gasteiger partial charge in [0.2, 0.25) is 0 Å². The van der Waals surface area contributed by atoms with Gasteiger partial charge in [0, 0.05) is 12.0 Å². The summed E-state index contributed by atoms with van der Waals surface area (Å²) in [6, 6.07) is 0. The maximum Gasteiger partial charge on any atom is 0.152 e. The second-order valence-corrected chi connectivity index (χ2v) is 1.92. The molecule has 3 heteroatoms. The first-order valence-electron chi connectivity index (χ1n) is 2.92. The predicted octanol–water partition coefficient (Wildman–Crippen LogP) is 0.902. The van der Waals surface area contributed by atoms with Gasteiger partial charge in [0.15, 0.2) is 6.29 Å². The molecule has 0 atom stereocenters. The molecular formula is C7H7NO2. The van der Waals surface area contributed by atoms with Gasteiger partial charge in [-0.25, -0.2) is 0 Å². The fourth-order valence-electron chi connectivity index (χ4n) is 0.771. The molecule has 0 radical (unpaired) electrons. The van der Waals surface area contributed by atoms with Crippen LogP contribution in [0.3, 0.4) is 0 Å². The van der Waals surface area contributed by atoms with Gasteiger partial charge in [0.1, 0.15) is 0 Å². The molecule has 3 nitrogen and oxygen atoms in total. The third kappa shape index (κ3) is 1.13. The van der Waals surface area contributed by atoms with Gasteiger partial charge in [-0.3, -0.25) is 4.79 Å².